The molecule has 0 aliphatic heterocycles. The van der Waals surface area contributed by atoms with Crippen LogP contribution in [-0.4, -0.2) is 47.4 Å². The van der Waals surface area contributed by atoms with Gasteiger partial charge in [0.2, 0.25) is 5.91 Å². The van der Waals surface area contributed by atoms with Crippen molar-refractivity contribution in [2.24, 2.45) is 0 Å². The first kappa shape index (κ1) is 76.9. The van der Waals surface area contributed by atoms with Crippen LogP contribution < -0.4 is 5.32 Å². The summed E-state index contributed by atoms with van der Waals surface area (Å²) < 4.78 is 5.51. The first-order valence-corrected chi connectivity index (χ1v) is 36.3. The lowest BCUT2D eigenvalue weighted by atomic mass is 10.0. The van der Waals surface area contributed by atoms with Crippen LogP contribution in [0.2, 0.25) is 0 Å². The highest BCUT2D eigenvalue weighted by molar-refractivity contribution is 5.76. The molecule has 2 atom stereocenters. The van der Waals surface area contributed by atoms with Crippen molar-refractivity contribution in [3.8, 4) is 0 Å². The van der Waals surface area contributed by atoms with Gasteiger partial charge >= 0.3 is 5.97 Å². The van der Waals surface area contributed by atoms with Crippen LogP contribution in [0.5, 0.6) is 0 Å². The molecule has 466 valence electrons. The minimum Gasteiger partial charge on any atom is -0.466 e. The lowest BCUT2D eigenvalue weighted by molar-refractivity contribution is -0.143. The molecule has 0 saturated carbocycles. The van der Waals surface area contributed by atoms with Gasteiger partial charge in [-0.2, -0.15) is 0 Å². The monoisotopic (exact) mass is 1100 g/mol. The molecule has 0 fully saturated rings. The van der Waals surface area contributed by atoms with Crippen LogP contribution in [0.25, 0.3) is 0 Å². The SMILES string of the molecule is CCCCCCCCCCCCCCCCCCCCCCC(O)C(CO)NC(=O)CCCCCCCCCCCCCCCCCCCCCCCCCCOC(=O)CCCCCCCCCCCCCCCCCCC. The number of hydrogen-bond donors (Lipinski definition) is 3. The average molecular weight is 1100 g/mol. The van der Waals surface area contributed by atoms with E-state index in [1.54, 1.807) is 0 Å². The number of hydrogen-bond acceptors (Lipinski definition) is 5. The number of carbonyl (C=O) groups excluding carboxylic acids is 2. The summed E-state index contributed by atoms with van der Waals surface area (Å²) in [5.41, 5.74) is 0. The van der Waals surface area contributed by atoms with E-state index in [-0.39, 0.29) is 18.5 Å². The number of amides is 1. The zero-order chi connectivity index (χ0) is 56.4. The maximum absolute atomic E-state index is 12.5. The average Bonchev–Trinajstić information content (AvgIpc) is 3.44. The summed E-state index contributed by atoms with van der Waals surface area (Å²) in [5.74, 6) is -0.00735. The maximum Gasteiger partial charge on any atom is 0.305 e. The predicted octanol–water partition coefficient (Wildman–Crippen LogP) is 23.4. The molecule has 3 N–H and O–H groups in total. The van der Waals surface area contributed by atoms with Crippen LogP contribution in [0.4, 0.5) is 0 Å². The van der Waals surface area contributed by atoms with Gasteiger partial charge in [0.15, 0.2) is 0 Å². The van der Waals surface area contributed by atoms with Crippen LogP contribution >= 0.6 is 0 Å². The van der Waals surface area contributed by atoms with Gasteiger partial charge in [-0.3, -0.25) is 9.59 Å². The summed E-state index contributed by atoms with van der Waals surface area (Å²) in [7, 11) is 0. The number of aliphatic hydroxyl groups is 2. The second-order valence-corrected chi connectivity index (χ2v) is 25.3. The number of esters is 1. The number of carbonyl (C=O) groups is 2. The standard InChI is InChI=1S/C72H143NO5/c1-3-5-7-9-11-13-15-17-19-21-22-29-33-36-40-44-48-52-56-60-64-70(75)69(68-74)73-71(76)65-61-57-53-49-45-41-37-34-30-27-25-23-24-26-28-31-35-39-43-47-51-55-59-63-67-78-72(77)66-62-58-54-50-46-42-38-32-20-18-16-14-12-10-8-6-4-2/h69-70,74-75H,3-68H2,1-2H3,(H,73,76). The highest BCUT2D eigenvalue weighted by Crippen LogP contribution is 2.20. The van der Waals surface area contributed by atoms with Crippen LogP contribution in [0, 0.1) is 0 Å². The molecule has 0 spiro atoms. The minimum absolute atomic E-state index is 0.0210. The number of unbranched alkanes of at least 4 members (excludes halogenated alkanes) is 58. The Kier molecular flexibility index (Phi) is 67.4. The van der Waals surface area contributed by atoms with E-state index in [1.165, 1.54) is 353 Å². The predicted molar refractivity (Wildman–Crippen MR) is 343 cm³/mol. The van der Waals surface area contributed by atoms with Crippen molar-refractivity contribution in [2.45, 2.75) is 437 Å². The zero-order valence-corrected chi connectivity index (χ0v) is 53.4. The van der Waals surface area contributed by atoms with E-state index >= 15 is 0 Å². The van der Waals surface area contributed by atoms with Crippen molar-refractivity contribution in [1.82, 2.24) is 5.32 Å². The lowest BCUT2D eigenvalue weighted by Crippen LogP contribution is -2.45. The van der Waals surface area contributed by atoms with Crippen molar-refractivity contribution in [2.75, 3.05) is 13.2 Å². The first-order valence-electron chi connectivity index (χ1n) is 36.3. The number of ether oxygens (including phenoxy) is 1. The summed E-state index contributed by atoms with van der Waals surface area (Å²) in [6.07, 6.45) is 83.0. The fourth-order valence-electron chi connectivity index (χ4n) is 11.9. The third kappa shape index (κ3) is 64.0. The Balaban J connectivity index is 3.34. The van der Waals surface area contributed by atoms with Gasteiger partial charge in [0.1, 0.15) is 0 Å². The van der Waals surface area contributed by atoms with E-state index in [0.29, 0.717) is 25.9 Å². The second-order valence-electron chi connectivity index (χ2n) is 25.3. The maximum atomic E-state index is 12.5. The third-order valence-electron chi connectivity index (χ3n) is 17.4. The molecule has 1 amide bonds. The Morgan fingerprint density at radius 2 is 0.526 bits per heavy atom. The zero-order valence-electron chi connectivity index (χ0n) is 53.4. The van der Waals surface area contributed by atoms with E-state index < -0.39 is 12.1 Å². The summed E-state index contributed by atoms with van der Waals surface area (Å²) in [4.78, 5) is 24.6. The molecule has 0 heterocycles. The van der Waals surface area contributed by atoms with E-state index in [1.807, 2.05) is 0 Å². The van der Waals surface area contributed by atoms with E-state index in [0.717, 1.165) is 38.5 Å². The Bertz CT molecular complexity index is 1130. The van der Waals surface area contributed by atoms with Crippen molar-refractivity contribution in [3.63, 3.8) is 0 Å². The molecule has 0 aromatic rings. The largest absolute Gasteiger partial charge is 0.466 e. The van der Waals surface area contributed by atoms with Gasteiger partial charge in [-0.25, -0.2) is 0 Å². The Morgan fingerprint density at radius 1 is 0.308 bits per heavy atom. The smallest absolute Gasteiger partial charge is 0.305 e. The van der Waals surface area contributed by atoms with Crippen molar-refractivity contribution in [1.29, 1.82) is 0 Å². The summed E-state index contributed by atoms with van der Waals surface area (Å²) in [6, 6.07) is -0.540. The van der Waals surface area contributed by atoms with Crippen LogP contribution in [0.1, 0.15) is 425 Å². The molecule has 6 heteroatoms. The molecule has 0 radical (unpaired) electrons. The molecule has 0 rings (SSSR count). The van der Waals surface area contributed by atoms with Crippen LogP contribution in [0.15, 0.2) is 0 Å². The Hall–Kier alpha value is -1.14. The highest BCUT2D eigenvalue weighted by atomic mass is 16.5. The molecule has 0 aliphatic carbocycles. The summed E-state index contributed by atoms with van der Waals surface area (Å²) in [6.45, 7) is 5.01. The molecular weight excluding hydrogens is 959 g/mol. The Labute approximate surface area is 489 Å². The summed E-state index contributed by atoms with van der Waals surface area (Å²) >= 11 is 0. The molecule has 78 heavy (non-hydrogen) atoms. The number of aliphatic hydroxyl groups excluding tert-OH is 2. The van der Waals surface area contributed by atoms with Crippen LogP contribution in [0.3, 0.4) is 0 Å². The van der Waals surface area contributed by atoms with E-state index in [4.69, 9.17) is 4.74 Å². The van der Waals surface area contributed by atoms with Gasteiger partial charge in [-0.15, -0.1) is 0 Å². The fraction of sp³-hybridized carbons (Fsp3) is 0.972. The molecule has 0 aliphatic rings. The molecule has 0 aromatic carbocycles. The minimum atomic E-state index is -0.663. The third-order valence-corrected chi connectivity index (χ3v) is 17.4. The highest BCUT2D eigenvalue weighted by Gasteiger charge is 2.20. The van der Waals surface area contributed by atoms with Crippen LogP contribution in [-0.2, 0) is 14.3 Å². The van der Waals surface area contributed by atoms with Gasteiger partial charge in [0.05, 0.1) is 25.4 Å². The van der Waals surface area contributed by atoms with Gasteiger partial charge < -0.3 is 20.3 Å². The Morgan fingerprint density at radius 3 is 0.782 bits per heavy atom. The normalized spacial score (nSPS) is 12.4. The van der Waals surface area contributed by atoms with Gasteiger partial charge in [0, 0.05) is 12.8 Å². The van der Waals surface area contributed by atoms with Crippen molar-refractivity contribution < 1.29 is 24.5 Å². The fourth-order valence-corrected chi connectivity index (χ4v) is 11.9. The van der Waals surface area contributed by atoms with Crippen molar-refractivity contribution >= 4 is 11.9 Å². The molecule has 0 aromatic heterocycles. The quantitative estimate of drug-likeness (QED) is 0.0417. The molecule has 0 bridgehead atoms. The lowest BCUT2D eigenvalue weighted by Gasteiger charge is -2.22. The van der Waals surface area contributed by atoms with E-state index in [9.17, 15) is 19.8 Å². The number of rotatable bonds is 69. The molecular formula is C72H143NO5. The van der Waals surface area contributed by atoms with Gasteiger partial charge in [-0.1, -0.05) is 386 Å². The first-order chi connectivity index (χ1) is 38.5. The second kappa shape index (κ2) is 68.4. The van der Waals surface area contributed by atoms with Crippen molar-refractivity contribution in [3.05, 3.63) is 0 Å². The number of nitrogens with one attached hydrogen (secondary N) is 1. The molecule has 2 unspecified atom stereocenters. The van der Waals surface area contributed by atoms with Gasteiger partial charge in [0.25, 0.3) is 0 Å². The van der Waals surface area contributed by atoms with Gasteiger partial charge in [-0.05, 0) is 25.7 Å². The summed E-state index contributed by atoms with van der Waals surface area (Å²) in [5, 5.41) is 23.4. The molecule has 0 saturated heterocycles. The molecule has 6 nitrogen and oxygen atoms in total. The topological polar surface area (TPSA) is 95.9 Å². The van der Waals surface area contributed by atoms with E-state index in [2.05, 4.69) is 19.2 Å².